The number of rotatable bonds is 7. The number of benzene rings is 2. The molecular weight excluding hydrogens is 394 g/mol. The molecule has 0 fully saturated rings. The predicted octanol–water partition coefficient (Wildman–Crippen LogP) is 4.34. The summed E-state index contributed by atoms with van der Waals surface area (Å²) in [6.07, 6.45) is 3.92. The van der Waals surface area contributed by atoms with Crippen molar-refractivity contribution in [1.82, 2.24) is 9.38 Å². The minimum Gasteiger partial charge on any atom is -0.497 e. The third-order valence-electron chi connectivity index (χ3n) is 4.88. The molecule has 1 N–H and O–H groups in total. The quantitative estimate of drug-likeness (QED) is 0.484. The van der Waals surface area contributed by atoms with Crippen molar-refractivity contribution in [2.45, 2.75) is 6.92 Å². The van der Waals surface area contributed by atoms with Crippen molar-refractivity contribution in [1.29, 1.82) is 0 Å². The van der Waals surface area contributed by atoms with Gasteiger partial charge in [-0.15, -0.1) is 0 Å². The van der Waals surface area contributed by atoms with Crippen LogP contribution in [0.3, 0.4) is 0 Å². The lowest BCUT2D eigenvalue weighted by Crippen LogP contribution is -2.20. The zero-order valence-corrected chi connectivity index (χ0v) is 17.6. The van der Waals surface area contributed by atoms with E-state index in [-0.39, 0.29) is 12.5 Å². The summed E-state index contributed by atoms with van der Waals surface area (Å²) >= 11 is 0. The monoisotopic (exact) mass is 417 g/mol. The van der Waals surface area contributed by atoms with Crippen LogP contribution in [-0.2, 0) is 4.79 Å². The van der Waals surface area contributed by atoms with E-state index in [0.717, 1.165) is 28.2 Å². The van der Waals surface area contributed by atoms with Crippen molar-refractivity contribution in [2.75, 3.05) is 26.1 Å². The highest BCUT2D eigenvalue weighted by Gasteiger charge is 2.13. The molecule has 4 rings (SSSR count). The molecule has 7 heteroatoms. The number of methoxy groups -OCH3 is 2. The zero-order chi connectivity index (χ0) is 21.8. The number of hydrogen-bond donors (Lipinski definition) is 1. The Kier molecular flexibility index (Phi) is 5.75. The van der Waals surface area contributed by atoms with Crippen LogP contribution in [0.25, 0.3) is 16.9 Å². The number of ether oxygens (including phenoxy) is 3. The Labute approximate surface area is 180 Å². The van der Waals surface area contributed by atoms with Gasteiger partial charge in [-0.3, -0.25) is 4.79 Å². The number of pyridine rings is 1. The number of anilines is 1. The molecule has 7 nitrogen and oxygen atoms in total. The van der Waals surface area contributed by atoms with Gasteiger partial charge in [-0.2, -0.15) is 0 Å². The summed E-state index contributed by atoms with van der Waals surface area (Å²) in [7, 11) is 3.16. The Balaban J connectivity index is 1.51. The maximum absolute atomic E-state index is 12.5. The summed E-state index contributed by atoms with van der Waals surface area (Å²) in [5, 5.41) is 2.86. The summed E-state index contributed by atoms with van der Waals surface area (Å²) < 4.78 is 18.1. The van der Waals surface area contributed by atoms with Crippen molar-refractivity contribution in [3.63, 3.8) is 0 Å². The molecule has 31 heavy (non-hydrogen) atoms. The Morgan fingerprint density at radius 2 is 1.81 bits per heavy atom. The van der Waals surface area contributed by atoms with Gasteiger partial charge in [-0.05, 0) is 61.0 Å². The molecule has 0 saturated heterocycles. The lowest BCUT2D eigenvalue weighted by molar-refractivity contribution is -0.118. The van der Waals surface area contributed by atoms with Gasteiger partial charge in [-0.25, -0.2) is 4.98 Å². The molecule has 0 aliphatic rings. The molecule has 2 aromatic heterocycles. The molecule has 158 valence electrons. The molecule has 0 spiro atoms. The minimum absolute atomic E-state index is 0.132. The lowest BCUT2D eigenvalue weighted by atomic mass is 10.1. The molecule has 2 aromatic carbocycles. The van der Waals surface area contributed by atoms with Crippen molar-refractivity contribution in [3.8, 4) is 28.5 Å². The van der Waals surface area contributed by atoms with Crippen LogP contribution in [0.1, 0.15) is 5.56 Å². The van der Waals surface area contributed by atoms with Gasteiger partial charge in [0.05, 0.1) is 25.6 Å². The van der Waals surface area contributed by atoms with Gasteiger partial charge >= 0.3 is 0 Å². The largest absolute Gasteiger partial charge is 0.497 e. The van der Waals surface area contributed by atoms with Gasteiger partial charge in [0.1, 0.15) is 22.9 Å². The molecule has 0 atom stereocenters. The van der Waals surface area contributed by atoms with Gasteiger partial charge in [0, 0.05) is 18.0 Å². The predicted molar refractivity (Wildman–Crippen MR) is 119 cm³/mol. The van der Waals surface area contributed by atoms with E-state index in [4.69, 9.17) is 19.2 Å². The number of hydrogen-bond acceptors (Lipinski definition) is 5. The highest BCUT2D eigenvalue weighted by molar-refractivity contribution is 5.94. The van der Waals surface area contributed by atoms with E-state index >= 15 is 0 Å². The standard InChI is InChI=1S/C24H23N3O4/c1-16-5-4-12-27-14-21(26-24(16)27)17-6-11-22(30-3)20(13-17)25-23(28)15-31-19-9-7-18(29-2)8-10-19/h4-14H,15H2,1-3H3,(H,25,28). The second-order valence-electron chi connectivity index (χ2n) is 6.98. The molecule has 4 aromatic rings. The minimum atomic E-state index is -0.294. The van der Waals surface area contributed by atoms with Crippen LogP contribution >= 0.6 is 0 Å². The van der Waals surface area contributed by atoms with E-state index in [2.05, 4.69) is 5.32 Å². The number of aromatic nitrogens is 2. The maximum Gasteiger partial charge on any atom is 0.262 e. The Morgan fingerprint density at radius 1 is 1.03 bits per heavy atom. The number of fused-ring (bicyclic) bond motifs is 1. The van der Waals surface area contributed by atoms with Gasteiger partial charge in [0.25, 0.3) is 5.91 Å². The molecule has 0 radical (unpaired) electrons. The fourth-order valence-electron chi connectivity index (χ4n) is 3.26. The number of aryl methyl sites for hydroxylation is 1. The van der Waals surface area contributed by atoms with Gasteiger partial charge < -0.3 is 23.9 Å². The molecule has 0 aliphatic carbocycles. The van der Waals surface area contributed by atoms with Crippen molar-refractivity contribution < 1.29 is 19.0 Å². The van der Waals surface area contributed by atoms with Crippen molar-refractivity contribution >= 4 is 17.2 Å². The number of carbonyl (C=O) groups is 1. The summed E-state index contributed by atoms with van der Waals surface area (Å²) in [6.45, 7) is 1.89. The number of nitrogens with zero attached hydrogens (tertiary/aromatic N) is 2. The zero-order valence-electron chi connectivity index (χ0n) is 17.6. The fourth-order valence-corrected chi connectivity index (χ4v) is 3.26. The number of imidazole rings is 1. The average molecular weight is 417 g/mol. The normalized spacial score (nSPS) is 10.7. The Hall–Kier alpha value is -4.00. The first-order valence-corrected chi connectivity index (χ1v) is 9.77. The molecule has 0 aliphatic heterocycles. The van der Waals surface area contributed by atoms with Crippen molar-refractivity contribution in [3.05, 3.63) is 72.6 Å². The van der Waals surface area contributed by atoms with Gasteiger partial charge in [0.2, 0.25) is 0 Å². The summed E-state index contributed by atoms with van der Waals surface area (Å²) in [5.41, 5.74) is 4.22. The molecule has 0 bridgehead atoms. The van der Waals surface area contributed by atoms with E-state index in [1.807, 2.05) is 54.0 Å². The average Bonchev–Trinajstić information content (AvgIpc) is 3.24. The van der Waals surface area contributed by atoms with E-state index in [1.165, 1.54) is 0 Å². The third-order valence-corrected chi connectivity index (χ3v) is 4.88. The van der Waals surface area contributed by atoms with Crippen LogP contribution in [0.5, 0.6) is 17.2 Å². The van der Waals surface area contributed by atoms with Gasteiger partial charge in [0.15, 0.2) is 6.61 Å². The third kappa shape index (κ3) is 4.45. The van der Waals surface area contributed by atoms with Crippen LogP contribution in [0.2, 0.25) is 0 Å². The summed E-state index contributed by atoms with van der Waals surface area (Å²) in [6, 6.07) is 16.6. The van der Waals surface area contributed by atoms with Crippen LogP contribution < -0.4 is 19.5 Å². The maximum atomic E-state index is 12.5. The highest BCUT2D eigenvalue weighted by Crippen LogP contribution is 2.31. The number of nitrogens with one attached hydrogen (secondary N) is 1. The number of carbonyl (C=O) groups excluding carboxylic acids is 1. The Morgan fingerprint density at radius 3 is 2.52 bits per heavy atom. The smallest absolute Gasteiger partial charge is 0.262 e. The highest BCUT2D eigenvalue weighted by atomic mass is 16.5. The van der Waals surface area contributed by atoms with Crippen LogP contribution in [0.4, 0.5) is 5.69 Å². The molecule has 1 amide bonds. The van der Waals surface area contributed by atoms with E-state index in [9.17, 15) is 4.79 Å². The van der Waals surface area contributed by atoms with E-state index < -0.39 is 0 Å². The molecule has 2 heterocycles. The molecule has 0 unspecified atom stereocenters. The lowest BCUT2D eigenvalue weighted by Gasteiger charge is -2.12. The topological polar surface area (TPSA) is 74.1 Å². The molecular formula is C24H23N3O4. The first-order chi connectivity index (χ1) is 15.1. The van der Waals surface area contributed by atoms with E-state index in [0.29, 0.717) is 17.2 Å². The summed E-state index contributed by atoms with van der Waals surface area (Å²) in [5.74, 6) is 1.57. The second-order valence-corrected chi connectivity index (χ2v) is 6.98. The summed E-state index contributed by atoms with van der Waals surface area (Å²) in [4.78, 5) is 17.2. The van der Waals surface area contributed by atoms with Gasteiger partial charge in [-0.1, -0.05) is 6.07 Å². The van der Waals surface area contributed by atoms with Crippen molar-refractivity contribution in [2.24, 2.45) is 0 Å². The van der Waals surface area contributed by atoms with E-state index in [1.54, 1.807) is 38.5 Å². The SMILES string of the molecule is COc1ccc(OCC(=O)Nc2cc(-c3cn4cccc(C)c4n3)ccc2OC)cc1. The molecule has 0 saturated carbocycles. The second kappa shape index (κ2) is 8.79. The number of amides is 1. The first-order valence-electron chi connectivity index (χ1n) is 9.77. The Bertz CT molecular complexity index is 1220. The first kappa shape index (κ1) is 20.3. The van der Waals surface area contributed by atoms with Crippen LogP contribution in [0, 0.1) is 6.92 Å². The fraction of sp³-hybridized carbons (Fsp3) is 0.167. The van der Waals surface area contributed by atoms with Crippen LogP contribution in [-0.4, -0.2) is 36.1 Å². The van der Waals surface area contributed by atoms with Crippen LogP contribution in [0.15, 0.2) is 67.0 Å².